The van der Waals surface area contributed by atoms with Crippen LogP contribution >= 0.6 is 0 Å². The Kier molecular flexibility index (Phi) is 4.89. The first-order valence-corrected chi connectivity index (χ1v) is 3.40. The Balaban J connectivity index is 3.03. The molecule has 4 N–H and O–H groups in total. The lowest BCUT2D eigenvalue weighted by atomic mass is 10.4. The first-order valence-electron chi connectivity index (χ1n) is 3.40. The molecule has 0 aromatic carbocycles. The first-order chi connectivity index (χ1) is 5.13. The summed E-state index contributed by atoms with van der Waals surface area (Å²) in [6.07, 6.45) is 0.697. The fourth-order valence-electron chi connectivity index (χ4n) is 0.564. The van der Waals surface area contributed by atoms with Crippen LogP contribution < -0.4 is 16.4 Å². The topological polar surface area (TPSA) is 84.2 Å². The van der Waals surface area contributed by atoms with Gasteiger partial charge in [0.15, 0.2) is 0 Å². The number of nitrogens with one attached hydrogen (secondary N) is 2. The number of hydrogen-bond donors (Lipinski definition) is 3. The maximum atomic E-state index is 10.3. The molecule has 0 aliphatic rings. The molecule has 0 aliphatic heterocycles. The van der Waals surface area contributed by atoms with Crippen molar-refractivity contribution in [1.29, 1.82) is 0 Å². The van der Waals surface area contributed by atoms with Gasteiger partial charge in [-0.15, -0.1) is 0 Å². The summed E-state index contributed by atoms with van der Waals surface area (Å²) in [4.78, 5) is 20.4. The van der Waals surface area contributed by atoms with Gasteiger partial charge in [0, 0.05) is 20.0 Å². The predicted octanol–water partition coefficient (Wildman–Crippen LogP) is -0.819. The van der Waals surface area contributed by atoms with Gasteiger partial charge in [-0.1, -0.05) is 0 Å². The summed E-state index contributed by atoms with van der Waals surface area (Å²) in [5.41, 5.74) is 4.80. The normalized spacial score (nSPS) is 8.82. The van der Waals surface area contributed by atoms with Crippen molar-refractivity contribution in [2.75, 3.05) is 13.1 Å². The summed E-state index contributed by atoms with van der Waals surface area (Å²) in [7, 11) is 0. The maximum Gasteiger partial charge on any atom is 0.312 e. The van der Waals surface area contributed by atoms with E-state index in [1.54, 1.807) is 0 Å². The minimum absolute atomic E-state index is 0.0657. The molecule has 0 fully saturated rings. The second-order valence-electron chi connectivity index (χ2n) is 2.13. The van der Waals surface area contributed by atoms with Gasteiger partial charge in [0.25, 0.3) is 0 Å². The van der Waals surface area contributed by atoms with Crippen molar-refractivity contribution in [1.82, 2.24) is 10.6 Å². The van der Waals surface area contributed by atoms with E-state index in [1.807, 2.05) is 0 Å². The molecule has 0 saturated heterocycles. The Bertz CT molecular complexity index is 131. The molecule has 5 heteroatoms. The van der Waals surface area contributed by atoms with E-state index in [0.717, 1.165) is 0 Å². The number of primary amides is 1. The summed E-state index contributed by atoms with van der Waals surface area (Å²) in [6.45, 7) is 2.51. The van der Waals surface area contributed by atoms with Crippen molar-refractivity contribution in [2.45, 2.75) is 13.3 Å². The van der Waals surface area contributed by atoms with E-state index in [2.05, 4.69) is 10.6 Å². The van der Waals surface area contributed by atoms with E-state index in [-0.39, 0.29) is 5.91 Å². The quantitative estimate of drug-likeness (QED) is 0.468. The molecule has 0 bridgehead atoms. The molecule has 0 saturated carbocycles. The molecule has 0 rings (SSSR count). The zero-order valence-corrected chi connectivity index (χ0v) is 6.52. The van der Waals surface area contributed by atoms with E-state index in [9.17, 15) is 9.59 Å². The maximum absolute atomic E-state index is 10.3. The average molecular weight is 159 g/mol. The van der Waals surface area contributed by atoms with Crippen molar-refractivity contribution in [2.24, 2.45) is 5.73 Å². The molecular weight excluding hydrogens is 146 g/mol. The van der Waals surface area contributed by atoms with Crippen LogP contribution in [0.1, 0.15) is 13.3 Å². The van der Waals surface area contributed by atoms with Gasteiger partial charge >= 0.3 is 6.03 Å². The molecule has 0 aliphatic carbocycles. The van der Waals surface area contributed by atoms with Crippen LogP contribution in [0.3, 0.4) is 0 Å². The van der Waals surface area contributed by atoms with Crippen LogP contribution in [-0.2, 0) is 4.79 Å². The third-order valence-corrected chi connectivity index (χ3v) is 1.03. The van der Waals surface area contributed by atoms with Gasteiger partial charge in [-0.3, -0.25) is 4.79 Å². The van der Waals surface area contributed by atoms with Crippen LogP contribution in [0.25, 0.3) is 0 Å². The molecule has 5 nitrogen and oxygen atoms in total. The van der Waals surface area contributed by atoms with E-state index < -0.39 is 6.03 Å². The summed E-state index contributed by atoms with van der Waals surface area (Å²) in [6, 6.07) is -0.534. The van der Waals surface area contributed by atoms with Crippen LogP contribution in [0, 0.1) is 0 Å². The van der Waals surface area contributed by atoms with E-state index in [0.29, 0.717) is 19.5 Å². The third-order valence-electron chi connectivity index (χ3n) is 1.03. The van der Waals surface area contributed by atoms with Crippen LogP contribution in [0.5, 0.6) is 0 Å². The number of rotatable bonds is 4. The first kappa shape index (κ1) is 9.74. The highest BCUT2D eigenvalue weighted by atomic mass is 16.2. The van der Waals surface area contributed by atoms with Gasteiger partial charge in [0.2, 0.25) is 5.91 Å². The van der Waals surface area contributed by atoms with Gasteiger partial charge < -0.3 is 16.4 Å². The zero-order chi connectivity index (χ0) is 8.69. The molecule has 0 radical (unpaired) electrons. The fraction of sp³-hybridized carbons (Fsp3) is 0.667. The van der Waals surface area contributed by atoms with E-state index >= 15 is 0 Å². The van der Waals surface area contributed by atoms with Crippen molar-refractivity contribution >= 4 is 11.9 Å². The monoisotopic (exact) mass is 159 g/mol. The minimum atomic E-state index is -0.534. The molecule has 0 unspecified atom stereocenters. The highest BCUT2D eigenvalue weighted by Crippen LogP contribution is 1.72. The van der Waals surface area contributed by atoms with Crippen LogP contribution in [0.4, 0.5) is 4.79 Å². The largest absolute Gasteiger partial charge is 0.356 e. The number of amides is 3. The number of carbonyl (C=O) groups is 2. The summed E-state index contributed by atoms with van der Waals surface area (Å²) >= 11 is 0. The van der Waals surface area contributed by atoms with Crippen molar-refractivity contribution in [3.63, 3.8) is 0 Å². The SMILES string of the molecule is CC(=O)NCCCNC(N)=O. The Labute approximate surface area is 65.3 Å². The Morgan fingerprint density at radius 2 is 1.82 bits per heavy atom. The molecule has 0 aromatic rings. The number of hydrogen-bond acceptors (Lipinski definition) is 2. The number of carbonyl (C=O) groups excluding carboxylic acids is 2. The third kappa shape index (κ3) is 8.74. The second-order valence-corrected chi connectivity index (χ2v) is 2.13. The number of nitrogens with two attached hydrogens (primary N) is 1. The minimum Gasteiger partial charge on any atom is -0.356 e. The van der Waals surface area contributed by atoms with Crippen molar-refractivity contribution in [3.8, 4) is 0 Å². The summed E-state index contributed by atoms with van der Waals surface area (Å²) < 4.78 is 0. The Morgan fingerprint density at radius 1 is 1.27 bits per heavy atom. The van der Waals surface area contributed by atoms with Gasteiger partial charge in [-0.25, -0.2) is 4.79 Å². The molecule has 3 amide bonds. The van der Waals surface area contributed by atoms with Gasteiger partial charge in [-0.05, 0) is 6.42 Å². The molecule has 0 heterocycles. The van der Waals surface area contributed by atoms with Crippen molar-refractivity contribution in [3.05, 3.63) is 0 Å². The predicted molar refractivity (Wildman–Crippen MR) is 40.9 cm³/mol. The zero-order valence-electron chi connectivity index (χ0n) is 6.52. The lowest BCUT2D eigenvalue weighted by Gasteiger charge is -2.01. The molecule has 0 atom stereocenters. The van der Waals surface area contributed by atoms with Gasteiger partial charge in [0.1, 0.15) is 0 Å². The van der Waals surface area contributed by atoms with Crippen LogP contribution in [0.2, 0.25) is 0 Å². The fourth-order valence-corrected chi connectivity index (χ4v) is 0.564. The summed E-state index contributed by atoms with van der Waals surface area (Å²) in [5.74, 6) is -0.0657. The smallest absolute Gasteiger partial charge is 0.312 e. The Morgan fingerprint density at radius 3 is 2.27 bits per heavy atom. The molecule has 0 spiro atoms. The standard InChI is InChI=1S/C6H13N3O2/c1-5(10)8-3-2-4-9-6(7)11/h2-4H2,1H3,(H,8,10)(H3,7,9,11). The Hall–Kier alpha value is -1.26. The van der Waals surface area contributed by atoms with E-state index in [4.69, 9.17) is 5.73 Å². The van der Waals surface area contributed by atoms with Gasteiger partial charge in [0.05, 0.1) is 0 Å². The molecule has 64 valence electrons. The van der Waals surface area contributed by atoms with E-state index in [1.165, 1.54) is 6.92 Å². The van der Waals surface area contributed by atoms with Crippen LogP contribution in [0.15, 0.2) is 0 Å². The molecule has 0 aromatic heterocycles. The molecular formula is C6H13N3O2. The lowest BCUT2D eigenvalue weighted by molar-refractivity contribution is -0.118. The average Bonchev–Trinajstić information content (AvgIpc) is 1.85. The molecule has 11 heavy (non-hydrogen) atoms. The second kappa shape index (κ2) is 5.52. The van der Waals surface area contributed by atoms with Crippen LogP contribution in [-0.4, -0.2) is 25.0 Å². The van der Waals surface area contributed by atoms with Crippen molar-refractivity contribution < 1.29 is 9.59 Å². The lowest BCUT2D eigenvalue weighted by Crippen LogP contribution is -2.32. The highest BCUT2D eigenvalue weighted by Gasteiger charge is 1.91. The number of urea groups is 1. The summed E-state index contributed by atoms with van der Waals surface area (Å²) in [5, 5.41) is 4.99. The highest BCUT2D eigenvalue weighted by molar-refractivity contribution is 5.72. The van der Waals surface area contributed by atoms with Gasteiger partial charge in [-0.2, -0.15) is 0 Å².